The normalized spacial score (nSPS) is 30.6. The van der Waals surface area contributed by atoms with Crippen molar-refractivity contribution in [2.45, 2.75) is 51.2 Å². The van der Waals surface area contributed by atoms with Crippen LogP contribution < -0.4 is 5.32 Å². The Balaban J connectivity index is 1.85. The molecule has 1 aromatic rings. The van der Waals surface area contributed by atoms with Gasteiger partial charge in [-0.25, -0.2) is 0 Å². The lowest BCUT2D eigenvalue weighted by Gasteiger charge is -2.49. The van der Waals surface area contributed by atoms with Crippen molar-refractivity contribution in [1.82, 2.24) is 10.2 Å². The Bertz CT molecular complexity index is 495. The van der Waals surface area contributed by atoms with E-state index in [2.05, 4.69) is 24.1 Å². The quantitative estimate of drug-likeness (QED) is 0.885. The summed E-state index contributed by atoms with van der Waals surface area (Å²) in [6.45, 7) is 7.64. The fraction of sp³-hybridized carbons (Fsp3) is 0.647. The summed E-state index contributed by atoms with van der Waals surface area (Å²) in [6.07, 6.45) is 3.86. The fourth-order valence-electron chi connectivity index (χ4n) is 3.50. The van der Waals surface area contributed by atoms with Gasteiger partial charge < -0.3 is 5.32 Å². The molecule has 1 saturated carbocycles. The van der Waals surface area contributed by atoms with Crippen LogP contribution in [0, 0.1) is 5.92 Å². The number of hydrogen-bond donors (Lipinski definition) is 1. The minimum atomic E-state index is 0.230. The highest BCUT2D eigenvalue weighted by molar-refractivity contribution is 6.35. The van der Waals surface area contributed by atoms with Gasteiger partial charge in [-0.3, -0.25) is 4.90 Å². The molecule has 1 aromatic carbocycles. The summed E-state index contributed by atoms with van der Waals surface area (Å²) in [5.74, 6) is 0.809. The average Bonchev–Trinajstić information content (AvgIpc) is 3.30. The molecule has 4 heteroatoms. The Hall–Kier alpha value is -0.280. The van der Waals surface area contributed by atoms with Crippen LogP contribution in [0.25, 0.3) is 0 Å². The van der Waals surface area contributed by atoms with Gasteiger partial charge in [0.1, 0.15) is 0 Å². The number of benzene rings is 1. The Morgan fingerprint density at radius 1 is 1.29 bits per heavy atom. The minimum absolute atomic E-state index is 0.230. The summed E-state index contributed by atoms with van der Waals surface area (Å²) in [6, 6.07) is 6.37. The Morgan fingerprint density at radius 2 is 1.95 bits per heavy atom. The van der Waals surface area contributed by atoms with E-state index in [0.717, 1.165) is 47.6 Å². The number of rotatable bonds is 4. The maximum absolute atomic E-state index is 6.38. The fourth-order valence-corrected chi connectivity index (χ4v) is 4.02. The topological polar surface area (TPSA) is 15.3 Å². The molecule has 2 atom stereocenters. The lowest BCUT2D eigenvalue weighted by Crippen LogP contribution is -2.63. The molecule has 2 aliphatic rings. The van der Waals surface area contributed by atoms with Crippen molar-refractivity contribution in [3.05, 3.63) is 33.8 Å². The van der Waals surface area contributed by atoms with Gasteiger partial charge in [0.05, 0.1) is 0 Å². The van der Waals surface area contributed by atoms with E-state index in [-0.39, 0.29) is 5.54 Å². The van der Waals surface area contributed by atoms with Crippen LogP contribution >= 0.6 is 23.2 Å². The van der Waals surface area contributed by atoms with Crippen molar-refractivity contribution in [2.75, 3.05) is 13.1 Å². The van der Waals surface area contributed by atoms with Gasteiger partial charge in [-0.05, 0) is 44.2 Å². The van der Waals surface area contributed by atoms with E-state index in [1.54, 1.807) is 0 Å². The summed E-state index contributed by atoms with van der Waals surface area (Å²) >= 11 is 12.8. The molecule has 1 N–H and O–H groups in total. The van der Waals surface area contributed by atoms with E-state index in [4.69, 9.17) is 23.2 Å². The largest absolute Gasteiger partial charge is 0.311 e. The number of hydrogen-bond acceptors (Lipinski definition) is 2. The van der Waals surface area contributed by atoms with E-state index in [9.17, 15) is 0 Å². The molecule has 3 rings (SSSR count). The highest BCUT2D eigenvalue weighted by Gasteiger charge is 2.48. The Labute approximate surface area is 137 Å². The Morgan fingerprint density at radius 3 is 2.52 bits per heavy atom. The van der Waals surface area contributed by atoms with Crippen LogP contribution in [-0.2, 0) is 6.54 Å². The van der Waals surface area contributed by atoms with E-state index >= 15 is 0 Å². The first-order chi connectivity index (χ1) is 10.0. The number of nitrogens with one attached hydrogen (secondary N) is 1. The molecule has 116 valence electrons. The molecule has 0 bridgehead atoms. The Kier molecular flexibility index (Phi) is 4.52. The molecule has 2 unspecified atom stereocenters. The number of halogens is 2. The lowest BCUT2D eigenvalue weighted by molar-refractivity contribution is 0.0271. The first-order valence-electron chi connectivity index (χ1n) is 7.96. The van der Waals surface area contributed by atoms with Crippen molar-refractivity contribution >= 4 is 23.2 Å². The highest BCUT2D eigenvalue weighted by atomic mass is 35.5. The molecule has 0 spiro atoms. The third kappa shape index (κ3) is 3.10. The first kappa shape index (κ1) is 15.6. The lowest BCUT2D eigenvalue weighted by atomic mass is 9.88. The second kappa shape index (κ2) is 6.08. The molecule has 21 heavy (non-hydrogen) atoms. The molecule has 1 saturated heterocycles. The van der Waals surface area contributed by atoms with Gasteiger partial charge in [0.2, 0.25) is 0 Å². The summed E-state index contributed by atoms with van der Waals surface area (Å²) in [7, 11) is 0. The van der Waals surface area contributed by atoms with Crippen molar-refractivity contribution in [2.24, 2.45) is 5.92 Å². The van der Waals surface area contributed by atoms with Crippen molar-refractivity contribution in [3.8, 4) is 0 Å². The second-order valence-electron chi connectivity index (χ2n) is 6.70. The number of nitrogens with zero attached hydrogens (tertiary/aromatic N) is 1. The van der Waals surface area contributed by atoms with Gasteiger partial charge in [0.15, 0.2) is 0 Å². The molecular weight excluding hydrogens is 303 g/mol. The second-order valence-corrected chi connectivity index (χ2v) is 7.51. The summed E-state index contributed by atoms with van der Waals surface area (Å²) in [5.41, 5.74) is 1.30. The highest BCUT2D eigenvalue weighted by Crippen LogP contribution is 2.45. The van der Waals surface area contributed by atoms with E-state index in [0.29, 0.717) is 6.04 Å². The van der Waals surface area contributed by atoms with Gasteiger partial charge in [-0.2, -0.15) is 0 Å². The summed E-state index contributed by atoms with van der Waals surface area (Å²) in [5, 5.41) is 5.29. The van der Waals surface area contributed by atoms with Crippen LogP contribution in [0.1, 0.15) is 38.7 Å². The SMILES string of the molecule is CCC1CN(Cc2c(Cl)cccc2Cl)C(C)(C2CC2)CN1. The van der Waals surface area contributed by atoms with Gasteiger partial charge in [0, 0.05) is 46.8 Å². The average molecular weight is 327 g/mol. The van der Waals surface area contributed by atoms with Gasteiger partial charge in [-0.15, -0.1) is 0 Å². The van der Waals surface area contributed by atoms with Crippen LogP contribution in [0.3, 0.4) is 0 Å². The zero-order valence-corrected chi connectivity index (χ0v) is 14.3. The van der Waals surface area contributed by atoms with Crippen LogP contribution in [0.4, 0.5) is 0 Å². The molecule has 0 amide bonds. The summed E-state index contributed by atoms with van der Waals surface area (Å²) in [4.78, 5) is 2.61. The van der Waals surface area contributed by atoms with Crippen LogP contribution in [-0.4, -0.2) is 29.6 Å². The minimum Gasteiger partial charge on any atom is -0.311 e. The van der Waals surface area contributed by atoms with Crippen molar-refractivity contribution < 1.29 is 0 Å². The van der Waals surface area contributed by atoms with Gasteiger partial charge in [0.25, 0.3) is 0 Å². The van der Waals surface area contributed by atoms with Gasteiger partial charge in [-0.1, -0.05) is 36.2 Å². The summed E-state index contributed by atoms with van der Waals surface area (Å²) < 4.78 is 0. The first-order valence-corrected chi connectivity index (χ1v) is 8.71. The molecular formula is C17H24Cl2N2. The van der Waals surface area contributed by atoms with Crippen LogP contribution in [0.15, 0.2) is 18.2 Å². The predicted octanol–water partition coefficient (Wildman–Crippen LogP) is 4.35. The molecule has 1 aliphatic carbocycles. The van der Waals surface area contributed by atoms with E-state index in [1.165, 1.54) is 12.8 Å². The molecule has 0 aromatic heterocycles. The smallest absolute Gasteiger partial charge is 0.0465 e. The monoisotopic (exact) mass is 326 g/mol. The maximum atomic E-state index is 6.38. The zero-order chi connectivity index (χ0) is 15.0. The van der Waals surface area contributed by atoms with Crippen LogP contribution in [0.5, 0.6) is 0 Å². The molecule has 2 nitrogen and oxygen atoms in total. The molecule has 0 radical (unpaired) electrons. The van der Waals surface area contributed by atoms with E-state index < -0.39 is 0 Å². The van der Waals surface area contributed by atoms with Crippen LogP contribution in [0.2, 0.25) is 10.0 Å². The molecule has 1 aliphatic heterocycles. The van der Waals surface area contributed by atoms with Crippen molar-refractivity contribution in [1.29, 1.82) is 0 Å². The number of piperazine rings is 1. The zero-order valence-electron chi connectivity index (χ0n) is 12.8. The predicted molar refractivity (Wildman–Crippen MR) is 90.1 cm³/mol. The third-order valence-electron chi connectivity index (χ3n) is 5.27. The van der Waals surface area contributed by atoms with Crippen molar-refractivity contribution in [3.63, 3.8) is 0 Å². The van der Waals surface area contributed by atoms with E-state index in [1.807, 2.05) is 18.2 Å². The maximum Gasteiger partial charge on any atom is 0.0465 e. The molecule has 1 heterocycles. The molecule has 2 fully saturated rings. The van der Waals surface area contributed by atoms with Gasteiger partial charge >= 0.3 is 0 Å². The third-order valence-corrected chi connectivity index (χ3v) is 5.98. The standard InChI is InChI=1S/C17H24Cl2N2/c1-3-13-9-21(17(2,11-20-13)12-7-8-12)10-14-15(18)5-4-6-16(14)19/h4-6,12-13,20H,3,7-11H2,1-2H3.